The number of furan rings is 1. The summed E-state index contributed by atoms with van der Waals surface area (Å²) in [5.41, 5.74) is 0.446. The van der Waals surface area contributed by atoms with Crippen LogP contribution in [0.15, 0.2) is 65.3 Å². The van der Waals surface area contributed by atoms with Crippen LogP contribution in [0.2, 0.25) is 0 Å². The van der Waals surface area contributed by atoms with E-state index in [0.717, 1.165) is 4.90 Å². The second-order valence-corrected chi connectivity index (χ2v) is 7.09. The third-order valence-corrected chi connectivity index (χ3v) is 4.70. The molecule has 7 nitrogen and oxygen atoms in total. The lowest BCUT2D eigenvalue weighted by atomic mass is 9.99. The average Bonchev–Trinajstić information content (AvgIpc) is 3.32. The number of rotatable bonds is 8. The van der Waals surface area contributed by atoms with Gasteiger partial charge in [-0.15, -0.1) is 0 Å². The van der Waals surface area contributed by atoms with Crippen LogP contribution in [0.1, 0.15) is 17.4 Å². The molecule has 29 heavy (non-hydrogen) atoms. The molecule has 152 valence electrons. The summed E-state index contributed by atoms with van der Waals surface area (Å²) in [6.07, 6.45) is 3.12. The molecule has 1 aliphatic heterocycles. The number of benzene rings is 1. The fourth-order valence-electron chi connectivity index (χ4n) is 3.22. The van der Waals surface area contributed by atoms with Crippen molar-refractivity contribution >= 4 is 17.4 Å². The van der Waals surface area contributed by atoms with E-state index >= 15 is 0 Å². The zero-order valence-electron chi connectivity index (χ0n) is 16.6. The van der Waals surface area contributed by atoms with E-state index in [1.807, 2.05) is 14.1 Å². The summed E-state index contributed by atoms with van der Waals surface area (Å²) in [6, 6.07) is 9.29. The molecule has 1 aromatic heterocycles. The summed E-state index contributed by atoms with van der Waals surface area (Å²) in [5.74, 6) is -0.548. The molecular formula is C22H25N2O5+. The van der Waals surface area contributed by atoms with Gasteiger partial charge in [0.25, 0.3) is 11.7 Å². The maximum atomic E-state index is 12.8. The monoisotopic (exact) mass is 397 g/mol. The molecule has 1 aliphatic rings. The number of quaternary nitrogens is 1. The van der Waals surface area contributed by atoms with Gasteiger partial charge in [-0.25, -0.2) is 0 Å². The standard InChI is InChI=1S/C22H24N2O5/c1-4-13-28-16-9-7-15(8-10-16)20(25)18-19(17-6-5-14-29-17)24(12-11-23(2)3)22(27)21(18)26/h4-10,14,19,25H,1,11-13H2,2-3H3/p+1/t19-/m1/s1. The van der Waals surface area contributed by atoms with Crippen LogP contribution in [-0.4, -0.2) is 55.5 Å². The number of aliphatic hydroxyl groups excluding tert-OH is 1. The molecule has 1 amide bonds. The molecule has 0 bridgehead atoms. The van der Waals surface area contributed by atoms with Crippen molar-refractivity contribution in [3.63, 3.8) is 0 Å². The van der Waals surface area contributed by atoms with E-state index in [1.54, 1.807) is 42.5 Å². The summed E-state index contributed by atoms with van der Waals surface area (Å²) in [7, 11) is 3.93. The summed E-state index contributed by atoms with van der Waals surface area (Å²) in [6.45, 7) is 4.98. The largest absolute Gasteiger partial charge is 0.507 e. The Hall–Kier alpha value is -3.32. The van der Waals surface area contributed by atoms with E-state index in [0.29, 0.717) is 36.8 Å². The van der Waals surface area contributed by atoms with E-state index in [2.05, 4.69) is 6.58 Å². The van der Waals surface area contributed by atoms with Crippen LogP contribution < -0.4 is 9.64 Å². The highest BCUT2D eigenvalue weighted by molar-refractivity contribution is 6.46. The fourth-order valence-corrected chi connectivity index (χ4v) is 3.22. The van der Waals surface area contributed by atoms with E-state index in [-0.39, 0.29) is 11.3 Å². The van der Waals surface area contributed by atoms with Crippen molar-refractivity contribution in [3.05, 3.63) is 72.2 Å². The highest BCUT2D eigenvalue weighted by Crippen LogP contribution is 2.39. The van der Waals surface area contributed by atoms with Gasteiger partial charge in [0.2, 0.25) is 0 Å². The van der Waals surface area contributed by atoms with Crippen LogP contribution in [-0.2, 0) is 9.59 Å². The number of carbonyl (C=O) groups is 2. The van der Waals surface area contributed by atoms with Crippen LogP contribution in [0.3, 0.4) is 0 Å². The Balaban J connectivity index is 2.00. The van der Waals surface area contributed by atoms with Crippen LogP contribution in [0.5, 0.6) is 5.75 Å². The number of nitrogens with one attached hydrogen (secondary N) is 1. The first-order chi connectivity index (χ1) is 13.9. The number of aliphatic hydroxyl groups is 1. The number of amides is 1. The summed E-state index contributed by atoms with van der Waals surface area (Å²) >= 11 is 0. The number of hydrogen-bond donors (Lipinski definition) is 2. The summed E-state index contributed by atoms with van der Waals surface area (Å²) < 4.78 is 10.9. The lowest BCUT2D eigenvalue weighted by molar-refractivity contribution is -0.857. The van der Waals surface area contributed by atoms with Gasteiger partial charge in [0.1, 0.15) is 29.9 Å². The Morgan fingerprint density at radius 1 is 1.28 bits per heavy atom. The number of likely N-dealkylation sites (N-methyl/N-ethyl adjacent to an activating group) is 1. The van der Waals surface area contributed by atoms with Crippen molar-refractivity contribution < 1.29 is 28.7 Å². The third-order valence-electron chi connectivity index (χ3n) is 4.70. The minimum absolute atomic E-state index is 0.0264. The van der Waals surface area contributed by atoms with Gasteiger partial charge in [-0.3, -0.25) is 9.59 Å². The first-order valence-corrected chi connectivity index (χ1v) is 9.39. The normalized spacial score (nSPS) is 18.4. The van der Waals surface area contributed by atoms with Gasteiger partial charge in [-0.2, -0.15) is 0 Å². The quantitative estimate of drug-likeness (QED) is 0.305. The molecule has 1 aromatic carbocycles. The summed E-state index contributed by atoms with van der Waals surface area (Å²) in [4.78, 5) is 28.1. The SMILES string of the molecule is C=CCOc1ccc(C(O)=C2C(=O)C(=O)N(CC[NH+](C)C)[C@@H]2c2ccco2)cc1. The molecule has 1 fully saturated rings. The molecule has 1 atom stereocenters. The number of likely N-dealkylation sites (tertiary alicyclic amines) is 1. The van der Waals surface area contributed by atoms with Crippen molar-refractivity contribution in [3.8, 4) is 5.75 Å². The number of ether oxygens (including phenoxy) is 1. The first-order valence-electron chi connectivity index (χ1n) is 9.39. The van der Waals surface area contributed by atoms with E-state index in [9.17, 15) is 14.7 Å². The molecule has 2 heterocycles. The molecule has 2 aromatic rings. The maximum absolute atomic E-state index is 12.8. The van der Waals surface area contributed by atoms with Gasteiger partial charge in [0.15, 0.2) is 0 Å². The molecule has 2 N–H and O–H groups in total. The van der Waals surface area contributed by atoms with Gasteiger partial charge < -0.3 is 24.1 Å². The number of nitrogens with zero attached hydrogens (tertiary/aromatic N) is 1. The minimum atomic E-state index is -0.763. The lowest BCUT2D eigenvalue weighted by Crippen LogP contribution is -3.06. The van der Waals surface area contributed by atoms with Gasteiger partial charge >= 0.3 is 0 Å². The number of Topliss-reactive ketones (excluding diaryl/α,β-unsaturated/α-hetero) is 1. The zero-order valence-corrected chi connectivity index (χ0v) is 16.6. The molecule has 0 spiro atoms. The van der Waals surface area contributed by atoms with Crippen molar-refractivity contribution in [2.24, 2.45) is 0 Å². The van der Waals surface area contributed by atoms with E-state index in [4.69, 9.17) is 9.15 Å². The van der Waals surface area contributed by atoms with Crippen LogP contribution in [0.25, 0.3) is 5.76 Å². The molecule has 7 heteroatoms. The maximum Gasteiger partial charge on any atom is 0.295 e. The Morgan fingerprint density at radius 2 is 2.00 bits per heavy atom. The number of hydrogen-bond acceptors (Lipinski definition) is 5. The van der Waals surface area contributed by atoms with Crippen molar-refractivity contribution in [1.82, 2.24) is 4.90 Å². The fraction of sp³-hybridized carbons (Fsp3) is 0.273. The molecule has 0 radical (unpaired) electrons. The van der Waals surface area contributed by atoms with Crippen LogP contribution >= 0.6 is 0 Å². The predicted molar refractivity (Wildman–Crippen MR) is 108 cm³/mol. The molecule has 1 saturated heterocycles. The molecular weight excluding hydrogens is 372 g/mol. The number of ketones is 1. The Morgan fingerprint density at radius 3 is 2.59 bits per heavy atom. The topological polar surface area (TPSA) is 84.4 Å². The van der Waals surface area contributed by atoms with Crippen molar-refractivity contribution in [2.75, 3.05) is 33.8 Å². The smallest absolute Gasteiger partial charge is 0.295 e. The Bertz CT molecular complexity index is 913. The Labute approximate surface area is 169 Å². The second-order valence-electron chi connectivity index (χ2n) is 7.09. The average molecular weight is 397 g/mol. The van der Waals surface area contributed by atoms with Crippen LogP contribution in [0, 0.1) is 0 Å². The Kier molecular flexibility index (Phi) is 6.19. The minimum Gasteiger partial charge on any atom is -0.507 e. The van der Waals surface area contributed by atoms with Crippen molar-refractivity contribution in [1.29, 1.82) is 0 Å². The second kappa shape index (κ2) is 8.79. The predicted octanol–water partition coefficient (Wildman–Crippen LogP) is 1.41. The zero-order chi connectivity index (χ0) is 21.0. The van der Waals surface area contributed by atoms with Gasteiger partial charge in [0, 0.05) is 5.56 Å². The van der Waals surface area contributed by atoms with Gasteiger partial charge in [-0.1, -0.05) is 12.7 Å². The van der Waals surface area contributed by atoms with Crippen molar-refractivity contribution in [2.45, 2.75) is 6.04 Å². The molecule has 3 rings (SSSR count). The molecule has 0 aliphatic carbocycles. The highest BCUT2D eigenvalue weighted by atomic mass is 16.5. The highest BCUT2D eigenvalue weighted by Gasteiger charge is 2.47. The van der Waals surface area contributed by atoms with Gasteiger partial charge in [-0.05, 0) is 36.4 Å². The number of carbonyl (C=O) groups excluding carboxylic acids is 2. The summed E-state index contributed by atoms with van der Waals surface area (Å²) in [5, 5.41) is 10.9. The first kappa shape index (κ1) is 20.4. The lowest BCUT2D eigenvalue weighted by Gasteiger charge is -2.23. The third kappa shape index (κ3) is 4.25. The van der Waals surface area contributed by atoms with E-state index < -0.39 is 17.7 Å². The van der Waals surface area contributed by atoms with E-state index in [1.165, 1.54) is 11.2 Å². The van der Waals surface area contributed by atoms with Crippen LogP contribution in [0.4, 0.5) is 0 Å². The van der Waals surface area contributed by atoms with Gasteiger partial charge in [0.05, 0.1) is 39.0 Å². The molecule has 0 unspecified atom stereocenters. The molecule has 0 saturated carbocycles.